The Kier molecular flexibility index (Phi) is 2.90. The number of hydrogen-bond acceptors (Lipinski definition) is 2. The van der Waals surface area contributed by atoms with Gasteiger partial charge in [0.05, 0.1) is 5.37 Å². The van der Waals surface area contributed by atoms with E-state index in [9.17, 15) is 0 Å². The lowest BCUT2D eigenvalue weighted by atomic mass is 10.3. The van der Waals surface area contributed by atoms with Crippen LogP contribution in [-0.4, -0.2) is 12.0 Å². The molecular weight excluding hydrogens is 144 g/mol. The third kappa shape index (κ3) is 2.15. The molecule has 10 heavy (non-hydrogen) atoms. The largest absolute Gasteiger partial charge is 0.488 e. The molecule has 0 unspecified atom stereocenters. The fraction of sp³-hybridized carbons (Fsp3) is 0.125. The SMILES string of the molecule is S=[C]COc1ccccc1. The Labute approximate surface area is 65.6 Å². The Balaban J connectivity index is 2.50. The summed E-state index contributed by atoms with van der Waals surface area (Å²) in [6.07, 6.45) is 0. The van der Waals surface area contributed by atoms with E-state index in [4.69, 9.17) is 4.74 Å². The average Bonchev–Trinajstić information content (AvgIpc) is 2.03. The molecule has 0 fully saturated rings. The van der Waals surface area contributed by atoms with E-state index in [0.29, 0.717) is 6.61 Å². The van der Waals surface area contributed by atoms with Crippen LogP contribution in [0.3, 0.4) is 0 Å². The predicted octanol–water partition coefficient (Wildman–Crippen LogP) is 1.94. The summed E-state index contributed by atoms with van der Waals surface area (Å²) >= 11 is 4.48. The average molecular weight is 151 g/mol. The van der Waals surface area contributed by atoms with Crippen LogP contribution in [-0.2, 0) is 0 Å². The van der Waals surface area contributed by atoms with E-state index in [0.717, 1.165) is 5.75 Å². The quantitative estimate of drug-likeness (QED) is 0.610. The van der Waals surface area contributed by atoms with Crippen LogP contribution in [0.5, 0.6) is 5.75 Å². The van der Waals surface area contributed by atoms with Crippen molar-refractivity contribution in [2.75, 3.05) is 6.61 Å². The van der Waals surface area contributed by atoms with Crippen LogP contribution in [0.25, 0.3) is 0 Å². The van der Waals surface area contributed by atoms with Gasteiger partial charge in [-0.05, 0) is 12.1 Å². The zero-order chi connectivity index (χ0) is 7.23. The van der Waals surface area contributed by atoms with Gasteiger partial charge in [-0.25, -0.2) is 0 Å². The van der Waals surface area contributed by atoms with Crippen LogP contribution >= 0.6 is 12.2 Å². The Hall–Kier alpha value is -0.890. The first kappa shape index (κ1) is 7.22. The zero-order valence-electron chi connectivity index (χ0n) is 5.41. The Morgan fingerprint density at radius 1 is 1.30 bits per heavy atom. The van der Waals surface area contributed by atoms with Gasteiger partial charge in [0.25, 0.3) is 0 Å². The van der Waals surface area contributed by atoms with Gasteiger partial charge in [-0.3, -0.25) is 0 Å². The van der Waals surface area contributed by atoms with E-state index >= 15 is 0 Å². The molecule has 0 aromatic heterocycles. The van der Waals surface area contributed by atoms with Crippen LogP contribution < -0.4 is 4.74 Å². The van der Waals surface area contributed by atoms with E-state index in [1.165, 1.54) is 0 Å². The highest BCUT2D eigenvalue weighted by Gasteiger charge is 1.85. The monoisotopic (exact) mass is 151 g/mol. The summed E-state index contributed by atoms with van der Waals surface area (Å²) < 4.78 is 5.14. The summed E-state index contributed by atoms with van der Waals surface area (Å²) in [4.78, 5) is 0. The van der Waals surface area contributed by atoms with Gasteiger partial charge >= 0.3 is 0 Å². The highest BCUT2D eigenvalue weighted by molar-refractivity contribution is 7.79. The maximum Gasteiger partial charge on any atom is 0.125 e. The predicted molar refractivity (Wildman–Crippen MR) is 44.5 cm³/mol. The molecule has 1 radical (unpaired) electrons. The van der Waals surface area contributed by atoms with E-state index in [-0.39, 0.29) is 0 Å². The first-order valence-corrected chi connectivity index (χ1v) is 3.37. The number of benzene rings is 1. The molecule has 51 valence electrons. The first-order chi connectivity index (χ1) is 4.93. The normalized spacial score (nSPS) is 8.80. The van der Waals surface area contributed by atoms with Crippen molar-refractivity contribution in [2.24, 2.45) is 0 Å². The van der Waals surface area contributed by atoms with Crippen LogP contribution in [0.2, 0.25) is 0 Å². The molecule has 0 bridgehead atoms. The standard InChI is InChI=1S/C8H7OS/c10-7-6-9-8-4-2-1-3-5-8/h1-5H,6H2. The van der Waals surface area contributed by atoms with Crippen LogP contribution in [0.4, 0.5) is 0 Å². The second-order valence-electron chi connectivity index (χ2n) is 1.75. The van der Waals surface area contributed by atoms with Crippen LogP contribution in [0.1, 0.15) is 0 Å². The lowest BCUT2D eigenvalue weighted by molar-refractivity contribution is 0.382. The lowest BCUT2D eigenvalue weighted by Gasteiger charge is -1.99. The molecule has 1 nitrogen and oxygen atoms in total. The van der Waals surface area contributed by atoms with Gasteiger partial charge in [-0.15, -0.1) is 0 Å². The minimum absolute atomic E-state index is 0.374. The van der Waals surface area contributed by atoms with E-state index in [2.05, 4.69) is 17.6 Å². The van der Waals surface area contributed by atoms with Crippen molar-refractivity contribution in [3.63, 3.8) is 0 Å². The van der Waals surface area contributed by atoms with Crippen molar-refractivity contribution >= 4 is 17.6 Å². The summed E-state index contributed by atoms with van der Waals surface area (Å²) in [6, 6.07) is 9.53. The summed E-state index contributed by atoms with van der Waals surface area (Å²) in [5, 5.41) is 2.48. The fourth-order valence-electron chi connectivity index (χ4n) is 0.630. The summed E-state index contributed by atoms with van der Waals surface area (Å²) in [5.41, 5.74) is 0. The second kappa shape index (κ2) is 4.01. The van der Waals surface area contributed by atoms with E-state index in [1.807, 2.05) is 30.3 Å². The van der Waals surface area contributed by atoms with Gasteiger partial charge in [0.15, 0.2) is 0 Å². The lowest BCUT2D eigenvalue weighted by Crippen LogP contribution is -1.95. The molecule has 0 atom stereocenters. The second-order valence-corrected chi connectivity index (χ2v) is 2.03. The van der Waals surface area contributed by atoms with Gasteiger partial charge in [-0.2, -0.15) is 0 Å². The Morgan fingerprint density at radius 3 is 2.60 bits per heavy atom. The van der Waals surface area contributed by atoms with E-state index < -0.39 is 0 Å². The number of hydrogen-bond donors (Lipinski definition) is 0. The molecule has 0 aliphatic heterocycles. The molecule has 0 aliphatic carbocycles. The topological polar surface area (TPSA) is 9.23 Å². The molecule has 2 heteroatoms. The Bertz CT molecular complexity index is 196. The maximum atomic E-state index is 5.14. The van der Waals surface area contributed by atoms with Gasteiger partial charge in [0.2, 0.25) is 0 Å². The molecule has 0 N–H and O–H groups in total. The number of para-hydroxylation sites is 1. The van der Waals surface area contributed by atoms with Crippen molar-refractivity contribution in [3.05, 3.63) is 30.3 Å². The molecular formula is C8H7OS. The third-order valence-corrected chi connectivity index (χ3v) is 1.16. The summed E-state index contributed by atoms with van der Waals surface area (Å²) in [7, 11) is 0. The number of rotatable bonds is 3. The molecule has 0 amide bonds. The molecule has 0 saturated heterocycles. The van der Waals surface area contributed by atoms with Crippen molar-refractivity contribution < 1.29 is 4.74 Å². The van der Waals surface area contributed by atoms with Crippen molar-refractivity contribution in [3.8, 4) is 5.75 Å². The Morgan fingerprint density at radius 2 is 2.00 bits per heavy atom. The molecule has 0 saturated carbocycles. The van der Waals surface area contributed by atoms with Gasteiger partial charge in [0.1, 0.15) is 12.4 Å². The number of thiocarbonyl (C=S) groups is 1. The molecule has 1 aromatic rings. The van der Waals surface area contributed by atoms with Crippen molar-refractivity contribution in [2.45, 2.75) is 0 Å². The number of ether oxygens (including phenoxy) is 1. The van der Waals surface area contributed by atoms with Crippen molar-refractivity contribution in [1.29, 1.82) is 0 Å². The van der Waals surface area contributed by atoms with Gasteiger partial charge in [0, 0.05) is 0 Å². The van der Waals surface area contributed by atoms with Gasteiger partial charge < -0.3 is 4.74 Å². The molecule has 0 aliphatic rings. The van der Waals surface area contributed by atoms with Gasteiger partial charge in [-0.1, -0.05) is 30.4 Å². The molecule has 0 heterocycles. The van der Waals surface area contributed by atoms with E-state index in [1.54, 1.807) is 0 Å². The van der Waals surface area contributed by atoms with Crippen LogP contribution in [0.15, 0.2) is 30.3 Å². The molecule has 1 aromatic carbocycles. The highest BCUT2D eigenvalue weighted by Crippen LogP contribution is 2.06. The highest BCUT2D eigenvalue weighted by atomic mass is 32.1. The minimum Gasteiger partial charge on any atom is -0.488 e. The van der Waals surface area contributed by atoms with Crippen molar-refractivity contribution in [1.82, 2.24) is 0 Å². The van der Waals surface area contributed by atoms with Crippen LogP contribution in [0, 0.1) is 0 Å². The zero-order valence-corrected chi connectivity index (χ0v) is 6.23. The molecule has 1 rings (SSSR count). The smallest absolute Gasteiger partial charge is 0.125 e. The molecule has 0 spiro atoms. The summed E-state index contributed by atoms with van der Waals surface area (Å²) in [5.74, 6) is 0.833. The minimum atomic E-state index is 0.374. The maximum absolute atomic E-state index is 5.14. The first-order valence-electron chi connectivity index (χ1n) is 2.96. The third-order valence-electron chi connectivity index (χ3n) is 1.04. The fourth-order valence-corrected chi connectivity index (χ4v) is 0.688. The summed E-state index contributed by atoms with van der Waals surface area (Å²) in [6.45, 7) is 0.374.